The molecule has 1 aromatic carbocycles. The third-order valence-corrected chi connectivity index (χ3v) is 3.46. The van der Waals surface area contributed by atoms with Gasteiger partial charge in [0, 0.05) is 17.6 Å². The summed E-state index contributed by atoms with van der Waals surface area (Å²) in [5.41, 5.74) is 2.36. The molecule has 0 bridgehead atoms. The zero-order chi connectivity index (χ0) is 15.3. The molecule has 1 aromatic rings. The molecule has 0 aliphatic carbocycles. The maximum atomic E-state index is 6.30. The Labute approximate surface area is 128 Å². The topological polar surface area (TPSA) is 21.3 Å². The van der Waals surface area contributed by atoms with Crippen LogP contribution in [0.4, 0.5) is 0 Å². The number of hydrogen-bond donors (Lipinski definition) is 1. The van der Waals surface area contributed by atoms with Gasteiger partial charge in [-0.05, 0) is 44.9 Å². The van der Waals surface area contributed by atoms with Gasteiger partial charge in [0.25, 0.3) is 0 Å². The van der Waals surface area contributed by atoms with Crippen molar-refractivity contribution in [3.63, 3.8) is 0 Å². The van der Waals surface area contributed by atoms with E-state index in [-0.39, 0.29) is 5.54 Å². The van der Waals surface area contributed by atoms with Crippen LogP contribution in [0, 0.1) is 5.92 Å². The van der Waals surface area contributed by atoms with Crippen LogP contribution in [0.5, 0.6) is 5.75 Å². The first-order valence-electron chi connectivity index (χ1n) is 7.02. The first-order chi connectivity index (χ1) is 9.24. The molecule has 0 saturated carbocycles. The number of nitrogens with one attached hydrogen (secondary N) is 1. The van der Waals surface area contributed by atoms with Gasteiger partial charge in [0.1, 0.15) is 5.75 Å². The van der Waals surface area contributed by atoms with Crippen molar-refractivity contribution in [1.29, 1.82) is 0 Å². The van der Waals surface area contributed by atoms with Crippen LogP contribution in [0.15, 0.2) is 23.8 Å². The molecule has 0 aromatic heterocycles. The highest BCUT2D eigenvalue weighted by atomic mass is 35.5. The number of hydrogen-bond acceptors (Lipinski definition) is 2. The predicted molar refractivity (Wildman–Crippen MR) is 88.6 cm³/mol. The van der Waals surface area contributed by atoms with Crippen LogP contribution in [-0.2, 0) is 0 Å². The summed E-state index contributed by atoms with van der Waals surface area (Å²) in [7, 11) is 1.67. The molecule has 0 aliphatic rings. The molecule has 0 radical (unpaired) electrons. The fraction of sp³-hybridized carbons (Fsp3) is 0.529. The lowest BCUT2D eigenvalue weighted by atomic mass is 9.98. The molecular formula is C17H26ClNO. The van der Waals surface area contributed by atoms with Gasteiger partial charge >= 0.3 is 0 Å². The van der Waals surface area contributed by atoms with Crippen LogP contribution in [0.3, 0.4) is 0 Å². The Balaban J connectivity index is 3.08. The van der Waals surface area contributed by atoms with Gasteiger partial charge in [-0.15, -0.1) is 0 Å². The number of benzene rings is 1. The van der Waals surface area contributed by atoms with Crippen molar-refractivity contribution >= 4 is 17.7 Å². The third kappa shape index (κ3) is 5.18. The lowest BCUT2D eigenvalue weighted by Crippen LogP contribution is -2.37. The van der Waals surface area contributed by atoms with E-state index in [1.807, 2.05) is 18.2 Å². The van der Waals surface area contributed by atoms with Gasteiger partial charge in [0.05, 0.1) is 12.1 Å². The maximum Gasteiger partial charge on any atom is 0.127 e. The summed E-state index contributed by atoms with van der Waals surface area (Å²) in [6, 6.07) is 5.73. The molecule has 0 unspecified atom stereocenters. The lowest BCUT2D eigenvalue weighted by molar-refractivity contribution is 0.413. The summed E-state index contributed by atoms with van der Waals surface area (Å²) < 4.78 is 5.40. The second-order valence-electron chi connectivity index (χ2n) is 6.33. The minimum atomic E-state index is 0.0958. The molecule has 0 spiro atoms. The molecule has 0 aliphatic heterocycles. The van der Waals surface area contributed by atoms with E-state index in [0.717, 1.165) is 22.9 Å². The van der Waals surface area contributed by atoms with Gasteiger partial charge in [-0.3, -0.25) is 0 Å². The van der Waals surface area contributed by atoms with Crippen LogP contribution in [0.2, 0.25) is 5.02 Å². The van der Waals surface area contributed by atoms with Crippen molar-refractivity contribution in [2.75, 3.05) is 13.7 Å². The molecule has 3 heteroatoms. The van der Waals surface area contributed by atoms with Crippen molar-refractivity contribution in [2.45, 2.75) is 40.2 Å². The van der Waals surface area contributed by atoms with Gasteiger partial charge < -0.3 is 10.1 Å². The van der Waals surface area contributed by atoms with Gasteiger partial charge in [-0.25, -0.2) is 0 Å². The molecule has 1 N–H and O–H groups in total. The van der Waals surface area contributed by atoms with Crippen molar-refractivity contribution in [1.82, 2.24) is 5.32 Å². The van der Waals surface area contributed by atoms with Crippen molar-refractivity contribution in [3.8, 4) is 5.75 Å². The molecule has 20 heavy (non-hydrogen) atoms. The Morgan fingerprint density at radius 1 is 1.35 bits per heavy atom. The largest absolute Gasteiger partial charge is 0.496 e. The normalized spacial score (nSPS) is 12.9. The SMILES string of the molecule is COc1cccc(Cl)c1/C=C(/CNC(C)(C)C)C(C)C. The van der Waals surface area contributed by atoms with Crippen LogP contribution in [0.1, 0.15) is 40.2 Å². The number of halogens is 1. The lowest BCUT2D eigenvalue weighted by Gasteiger charge is -2.23. The van der Waals surface area contributed by atoms with E-state index in [4.69, 9.17) is 16.3 Å². The monoisotopic (exact) mass is 295 g/mol. The van der Waals surface area contributed by atoms with Gasteiger partial charge in [-0.1, -0.05) is 37.1 Å². The van der Waals surface area contributed by atoms with Gasteiger partial charge in [0.2, 0.25) is 0 Å². The smallest absolute Gasteiger partial charge is 0.127 e. The van der Waals surface area contributed by atoms with Crippen molar-refractivity contribution in [3.05, 3.63) is 34.4 Å². The van der Waals surface area contributed by atoms with E-state index in [1.165, 1.54) is 5.57 Å². The first-order valence-corrected chi connectivity index (χ1v) is 7.40. The Morgan fingerprint density at radius 3 is 2.50 bits per heavy atom. The number of ether oxygens (including phenoxy) is 1. The Hall–Kier alpha value is -0.990. The van der Waals surface area contributed by atoms with Gasteiger partial charge in [0.15, 0.2) is 0 Å². The quantitative estimate of drug-likeness (QED) is 0.844. The Bertz CT molecular complexity index is 472. The van der Waals surface area contributed by atoms with E-state index in [0.29, 0.717) is 5.92 Å². The van der Waals surface area contributed by atoms with Crippen LogP contribution in [0.25, 0.3) is 6.08 Å². The average Bonchev–Trinajstić information content (AvgIpc) is 2.34. The summed E-state index contributed by atoms with van der Waals surface area (Å²) in [4.78, 5) is 0. The van der Waals surface area contributed by atoms with Gasteiger partial charge in [-0.2, -0.15) is 0 Å². The van der Waals surface area contributed by atoms with E-state index in [1.54, 1.807) is 7.11 Å². The molecule has 0 amide bonds. The minimum Gasteiger partial charge on any atom is -0.496 e. The number of methoxy groups -OCH3 is 1. The van der Waals surface area contributed by atoms with E-state index in [2.05, 4.69) is 46.0 Å². The highest BCUT2D eigenvalue weighted by Gasteiger charge is 2.13. The second-order valence-corrected chi connectivity index (χ2v) is 6.74. The summed E-state index contributed by atoms with van der Waals surface area (Å²) in [6.07, 6.45) is 2.14. The van der Waals surface area contributed by atoms with Crippen molar-refractivity contribution in [2.24, 2.45) is 5.92 Å². The van der Waals surface area contributed by atoms with Crippen LogP contribution >= 0.6 is 11.6 Å². The number of rotatable bonds is 5. The molecule has 0 saturated heterocycles. The van der Waals surface area contributed by atoms with Crippen molar-refractivity contribution < 1.29 is 4.74 Å². The first kappa shape index (κ1) is 17.1. The average molecular weight is 296 g/mol. The third-order valence-electron chi connectivity index (χ3n) is 3.13. The summed E-state index contributed by atoms with van der Waals surface area (Å²) in [5, 5.41) is 4.25. The molecule has 1 rings (SSSR count). The molecule has 112 valence electrons. The summed E-state index contributed by atoms with van der Waals surface area (Å²) in [5.74, 6) is 1.26. The molecule has 2 nitrogen and oxygen atoms in total. The molecule has 0 heterocycles. The highest BCUT2D eigenvalue weighted by molar-refractivity contribution is 6.32. The maximum absolute atomic E-state index is 6.30. The zero-order valence-corrected chi connectivity index (χ0v) is 14.1. The molecular weight excluding hydrogens is 270 g/mol. The van der Waals surface area contributed by atoms with Crippen LogP contribution < -0.4 is 10.1 Å². The van der Waals surface area contributed by atoms with E-state index in [9.17, 15) is 0 Å². The fourth-order valence-corrected chi connectivity index (χ4v) is 2.03. The minimum absolute atomic E-state index is 0.0958. The molecule has 0 fully saturated rings. The van der Waals surface area contributed by atoms with E-state index >= 15 is 0 Å². The second kappa shape index (κ2) is 7.14. The fourth-order valence-electron chi connectivity index (χ4n) is 1.81. The Morgan fingerprint density at radius 2 is 2.00 bits per heavy atom. The Kier molecular flexibility index (Phi) is 6.09. The summed E-state index contributed by atoms with van der Waals surface area (Å²) >= 11 is 6.30. The highest BCUT2D eigenvalue weighted by Crippen LogP contribution is 2.29. The summed E-state index contributed by atoms with van der Waals surface area (Å²) in [6.45, 7) is 11.7. The predicted octanol–water partition coefficient (Wildman–Crippen LogP) is 4.78. The molecule has 0 atom stereocenters. The van der Waals surface area contributed by atoms with E-state index < -0.39 is 0 Å². The van der Waals surface area contributed by atoms with Crippen LogP contribution in [-0.4, -0.2) is 19.2 Å². The zero-order valence-electron chi connectivity index (χ0n) is 13.4. The standard InChI is InChI=1S/C17H26ClNO/c1-12(2)13(11-19-17(3,4)5)10-14-15(18)8-7-9-16(14)20-6/h7-10,12,19H,11H2,1-6H3/b13-10-.